The monoisotopic (exact) mass is 349 g/mol. The molecule has 5 heteroatoms. The number of ether oxygens (including phenoxy) is 2. The van der Waals surface area contributed by atoms with E-state index in [9.17, 15) is 9.90 Å². The molecule has 1 aromatic carbocycles. The quantitative estimate of drug-likeness (QED) is 0.587. The first-order valence-corrected chi connectivity index (χ1v) is 9.47. The standard InChI is InChI=1S/C20H31NO4/c1-3-5-6-7-8-11-21(4-2)13-16(22)14-24-17-9-10-18-19(23)15-25-20(18)12-17/h9-10,12,16,22H,3-8,11,13-15H2,1-2H3. The van der Waals surface area contributed by atoms with Crippen molar-refractivity contribution in [1.82, 2.24) is 4.90 Å². The van der Waals surface area contributed by atoms with Gasteiger partial charge in [0.15, 0.2) is 6.61 Å². The van der Waals surface area contributed by atoms with Crippen LogP contribution in [0.1, 0.15) is 56.3 Å². The normalized spacial score (nSPS) is 14.5. The number of rotatable bonds is 12. The van der Waals surface area contributed by atoms with Crippen LogP contribution in [0.25, 0.3) is 0 Å². The van der Waals surface area contributed by atoms with E-state index in [4.69, 9.17) is 9.47 Å². The summed E-state index contributed by atoms with van der Waals surface area (Å²) in [4.78, 5) is 13.8. The summed E-state index contributed by atoms with van der Waals surface area (Å²) >= 11 is 0. The third-order valence-electron chi connectivity index (χ3n) is 4.55. The molecular formula is C20H31NO4. The highest BCUT2D eigenvalue weighted by molar-refractivity contribution is 6.02. The molecule has 0 saturated carbocycles. The lowest BCUT2D eigenvalue weighted by molar-refractivity contribution is 0.0692. The van der Waals surface area contributed by atoms with Crippen molar-refractivity contribution in [3.05, 3.63) is 23.8 Å². The third-order valence-corrected chi connectivity index (χ3v) is 4.55. The number of aliphatic hydroxyl groups excluding tert-OH is 1. The van der Waals surface area contributed by atoms with Crippen LogP contribution in [0.2, 0.25) is 0 Å². The van der Waals surface area contributed by atoms with Gasteiger partial charge in [0, 0.05) is 12.6 Å². The first kappa shape index (κ1) is 19.7. The van der Waals surface area contributed by atoms with E-state index in [1.165, 1.54) is 32.1 Å². The molecule has 0 aromatic heterocycles. The Hall–Kier alpha value is -1.59. The Kier molecular flexibility index (Phi) is 8.22. The van der Waals surface area contributed by atoms with E-state index in [1.54, 1.807) is 18.2 Å². The van der Waals surface area contributed by atoms with Crippen molar-refractivity contribution < 1.29 is 19.4 Å². The van der Waals surface area contributed by atoms with Crippen molar-refractivity contribution in [2.75, 3.05) is 32.8 Å². The molecule has 0 spiro atoms. The van der Waals surface area contributed by atoms with E-state index in [2.05, 4.69) is 18.7 Å². The molecule has 0 saturated heterocycles. The van der Waals surface area contributed by atoms with Crippen molar-refractivity contribution in [1.29, 1.82) is 0 Å². The van der Waals surface area contributed by atoms with Gasteiger partial charge in [0.1, 0.15) is 24.2 Å². The Morgan fingerprint density at radius 3 is 2.80 bits per heavy atom. The van der Waals surface area contributed by atoms with E-state index < -0.39 is 6.10 Å². The number of benzene rings is 1. The Morgan fingerprint density at radius 1 is 1.24 bits per heavy atom. The molecular weight excluding hydrogens is 318 g/mol. The molecule has 1 unspecified atom stereocenters. The number of carbonyl (C=O) groups excluding carboxylic acids is 1. The van der Waals surface area contributed by atoms with Crippen molar-refractivity contribution in [3.63, 3.8) is 0 Å². The predicted octanol–water partition coefficient (Wildman–Crippen LogP) is 3.29. The van der Waals surface area contributed by atoms with Crippen molar-refractivity contribution in [2.24, 2.45) is 0 Å². The molecule has 0 fully saturated rings. The highest BCUT2D eigenvalue weighted by Gasteiger charge is 2.21. The molecule has 0 radical (unpaired) electrons. The van der Waals surface area contributed by atoms with Gasteiger partial charge in [-0.2, -0.15) is 0 Å². The summed E-state index contributed by atoms with van der Waals surface area (Å²) in [5.41, 5.74) is 0.605. The van der Waals surface area contributed by atoms with Crippen LogP contribution >= 0.6 is 0 Å². The number of ketones is 1. The van der Waals surface area contributed by atoms with Crippen molar-refractivity contribution in [2.45, 2.75) is 52.1 Å². The molecule has 1 atom stereocenters. The molecule has 25 heavy (non-hydrogen) atoms. The van der Waals surface area contributed by atoms with Crippen LogP contribution in [0.3, 0.4) is 0 Å². The van der Waals surface area contributed by atoms with Gasteiger partial charge in [-0.05, 0) is 31.6 Å². The minimum atomic E-state index is -0.536. The van der Waals surface area contributed by atoms with Gasteiger partial charge < -0.3 is 19.5 Å². The van der Waals surface area contributed by atoms with E-state index in [0.717, 1.165) is 13.1 Å². The first-order chi connectivity index (χ1) is 12.1. The maximum Gasteiger partial charge on any atom is 0.203 e. The Balaban J connectivity index is 1.70. The zero-order chi connectivity index (χ0) is 18.1. The molecule has 1 aromatic rings. The van der Waals surface area contributed by atoms with Crippen molar-refractivity contribution in [3.8, 4) is 11.5 Å². The zero-order valence-electron chi connectivity index (χ0n) is 15.5. The molecule has 5 nitrogen and oxygen atoms in total. The van der Waals surface area contributed by atoms with Gasteiger partial charge in [-0.1, -0.05) is 39.5 Å². The second kappa shape index (κ2) is 10.4. The van der Waals surface area contributed by atoms with Crippen LogP contribution in [0.4, 0.5) is 0 Å². The molecule has 1 aliphatic heterocycles. The average molecular weight is 349 g/mol. The minimum absolute atomic E-state index is 0.000825. The predicted molar refractivity (Wildman–Crippen MR) is 98.6 cm³/mol. The molecule has 2 rings (SSSR count). The molecule has 1 N–H and O–H groups in total. The summed E-state index contributed by atoms with van der Waals surface area (Å²) in [6.45, 7) is 7.24. The molecule has 1 heterocycles. The largest absolute Gasteiger partial charge is 0.491 e. The van der Waals surface area contributed by atoms with E-state index in [-0.39, 0.29) is 19.0 Å². The topological polar surface area (TPSA) is 59.0 Å². The average Bonchev–Trinajstić information content (AvgIpc) is 2.99. The number of nitrogens with zero attached hydrogens (tertiary/aromatic N) is 1. The Morgan fingerprint density at radius 2 is 2.04 bits per heavy atom. The smallest absolute Gasteiger partial charge is 0.203 e. The maximum atomic E-state index is 11.5. The van der Waals surface area contributed by atoms with E-state index >= 15 is 0 Å². The second-order valence-electron chi connectivity index (χ2n) is 6.64. The number of Topliss-reactive ketones (excluding diaryl/α,β-unsaturated/α-hetero) is 1. The second-order valence-corrected chi connectivity index (χ2v) is 6.64. The van der Waals surface area contributed by atoms with E-state index in [1.807, 2.05) is 0 Å². The number of aliphatic hydroxyl groups is 1. The Labute approximate surface area is 150 Å². The van der Waals surface area contributed by atoms with Crippen LogP contribution in [-0.4, -0.2) is 54.7 Å². The molecule has 0 amide bonds. The fourth-order valence-electron chi connectivity index (χ4n) is 3.02. The summed E-state index contributed by atoms with van der Waals surface area (Å²) in [6.07, 6.45) is 5.76. The number of likely N-dealkylation sites (N-methyl/N-ethyl adjacent to an activating group) is 1. The highest BCUT2D eigenvalue weighted by atomic mass is 16.5. The highest BCUT2D eigenvalue weighted by Crippen LogP contribution is 2.29. The van der Waals surface area contributed by atoms with Crippen LogP contribution in [0, 0.1) is 0 Å². The number of hydrogen-bond acceptors (Lipinski definition) is 5. The lowest BCUT2D eigenvalue weighted by Gasteiger charge is -2.23. The van der Waals surface area contributed by atoms with Crippen LogP contribution < -0.4 is 9.47 Å². The van der Waals surface area contributed by atoms with Gasteiger partial charge >= 0.3 is 0 Å². The lowest BCUT2D eigenvalue weighted by atomic mass is 10.1. The molecule has 0 bridgehead atoms. The van der Waals surface area contributed by atoms with Crippen LogP contribution in [-0.2, 0) is 0 Å². The summed E-state index contributed by atoms with van der Waals surface area (Å²) in [5.74, 6) is 1.19. The van der Waals surface area contributed by atoms with Gasteiger partial charge in [0.05, 0.1) is 5.56 Å². The third kappa shape index (κ3) is 6.33. The molecule has 140 valence electrons. The minimum Gasteiger partial charge on any atom is -0.491 e. The number of fused-ring (bicyclic) bond motifs is 1. The number of unbranched alkanes of at least 4 members (excludes halogenated alkanes) is 4. The van der Waals surface area contributed by atoms with Crippen LogP contribution in [0.5, 0.6) is 11.5 Å². The maximum absolute atomic E-state index is 11.5. The fraction of sp³-hybridized carbons (Fsp3) is 0.650. The van der Waals surface area contributed by atoms with Gasteiger partial charge in [0.2, 0.25) is 5.78 Å². The fourth-order valence-corrected chi connectivity index (χ4v) is 3.02. The van der Waals surface area contributed by atoms with Gasteiger partial charge in [0.25, 0.3) is 0 Å². The van der Waals surface area contributed by atoms with Crippen molar-refractivity contribution >= 4 is 5.78 Å². The summed E-state index contributed by atoms with van der Waals surface area (Å²) < 4.78 is 11.0. The van der Waals surface area contributed by atoms with Gasteiger partial charge in [-0.25, -0.2) is 0 Å². The van der Waals surface area contributed by atoms with Gasteiger partial charge in [-0.3, -0.25) is 4.79 Å². The molecule has 1 aliphatic rings. The first-order valence-electron chi connectivity index (χ1n) is 9.47. The lowest BCUT2D eigenvalue weighted by Crippen LogP contribution is -2.36. The zero-order valence-corrected chi connectivity index (χ0v) is 15.5. The van der Waals surface area contributed by atoms with Gasteiger partial charge in [-0.15, -0.1) is 0 Å². The molecule has 0 aliphatic carbocycles. The summed E-state index contributed by atoms with van der Waals surface area (Å²) in [5, 5.41) is 10.2. The summed E-state index contributed by atoms with van der Waals surface area (Å²) in [7, 11) is 0. The SMILES string of the molecule is CCCCCCCN(CC)CC(O)COc1ccc2c(c1)OCC2=O. The summed E-state index contributed by atoms with van der Waals surface area (Å²) in [6, 6.07) is 5.20. The van der Waals surface area contributed by atoms with E-state index in [0.29, 0.717) is 23.6 Å². The van der Waals surface area contributed by atoms with Crippen LogP contribution in [0.15, 0.2) is 18.2 Å². The number of carbonyl (C=O) groups is 1. The number of hydrogen-bond donors (Lipinski definition) is 1. The Bertz CT molecular complexity index is 546.